The molecule has 1 heterocycles. The SMILES string of the molecule is O=C(CSc1nc2ccc([N+](=O)[O-])cc2s1)C12CC3CC(CC(C3)C1)C2. The summed E-state index contributed by atoms with van der Waals surface area (Å²) >= 11 is 2.95. The second kappa shape index (κ2) is 6.02. The number of thioether (sulfide) groups is 1. The van der Waals surface area contributed by atoms with E-state index >= 15 is 0 Å². The molecule has 7 heteroatoms. The number of carbonyl (C=O) groups is 1. The molecule has 4 aliphatic carbocycles. The van der Waals surface area contributed by atoms with Crippen molar-refractivity contribution in [3.63, 3.8) is 0 Å². The zero-order valence-electron chi connectivity index (χ0n) is 14.3. The molecule has 4 saturated carbocycles. The maximum absolute atomic E-state index is 13.1. The number of benzene rings is 1. The second-order valence-corrected chi connectivity index (χ2v) is 10.6. The second-order valence-electron chi connectivity index (χ2n) is 8.30. The molecule has 0 radical (unpaired) electrons. The molecule has 4 fully saturated rings. The molecule has 0 atom stereocenters. The topological polar surface area (TPSA) is 73.1 Å². The van der Waals surface area contributed by atoms with E-state index in [1.807, 2.05) is 0 Å². The summed E-state index contributed by atoms with van der Waals surface area (Å²) in [6.07, 6.45) is 7.34. The van der Waals surface area contributed by atoms with Crippen LogP contribution in [0.2, 0.25) is 0 Å². The molecule has 1 aromatic heterocycles. The normalized spacial score (nSPS) is 32.2. The van der Waals surface area contributed by atoms with Crippen molar-refractivity contribution in [2.75, 3.05) is 5.75 Å². The van der Waals surface area contributed by atoms with Gasteiger partial charge in [-0.15, -0.1) is 11.3 Å². The standard InChI is InChI=1S/C19H20N2O3S2/c22-17(19-7-11-3-12(8-19)5-13(4-11)9-19)10-25-18-20-15-2-1-14(21(23)24)6-16(15)26-18/h1-2,6,11-13H,3-5,7-10H2. The van der Waals surface area contributed by atoms with E-state index in [4.69, 9.17) is 0 Å². The van der Waals surface area contributed by atoms with Gasteiger partial charge in [0, 0.05) is 17.5 Å². The highest BCUT2D eigenvalue weighted by Crippen LogP contribution is 2.60. The van der Waals surface area contributed by atoms with Crippen molar-refractivity contribution in [2.45, 2.75) is 42.9 Å². The monoisotopic (exact) mass is 388 g/mol. The minimum absolute atomic E-state index is 0.0583. The summed E-state index contributed by atoms with van der Waals surface area (Å²) in [4.78, 5) is 28.2. The van der Waals surface area contributed by atoms with Crippen LogP contribution < -0.4 is 0 Å². The summed E-state index contributed by atoms with van der Waals surface area (Å²) in [6, 6.07) is 4.74. The Morgan fingerprint density at radius 3 is 2.50 bits per heavy atom. The average molecular weight is 389 g/mol. The van der Waals surface area contributed by atoms with Gasteiger partial charge in [0.25, 0.3) is 5.69 Å². The van der Waals surface area contributed by atoms with E-state index in [0.29, 0.717) is 11.5 Å². The van der Waals surface area contributed by atoms with Gasteiger partial charge in [0.05, 0.1) is 20.9 Å². The van der Waals surface area contributed by atoms with Gasteiger partial charge in [-0.2, -0.15) is 0 Å². The number of carbonyl (C=O) groups excluding carboxylic acids is 1. The number of nitrogens with zero attached hydrogens (tertiary/aromatic N) is 2. The molecule has 0 N–H and O–H groups in total. The molecule has 1 aromatic carbocycles. The molecule has 26 heavy (non-hydrogen) atoms. The van der Waals surface area contributed by atoms with E-state index in [-0.39, 0.29) is 16.0 Å². The number of nitro benzene ring substituents is 1. The van der Waals surface area contributed by atoms with Gasteiger partial charge in [-0.1, -0.05) is 11.8 Å². The zero-order valence-corrected chi connectivity index (χ0v) is 16.0. The van der Waals surface area contributed by atoms with Gasteiger partial charge in [0.2, 0.25) is 0 Å². The molecule has 6 rings (SSSR count). The minimum atomic E-state index is -0.386. The summed E-state index contributed by atoms with van der Waals surface area (Å²) in [5.41, 5.74) is 0.796. The molecule has 0 aliphatic heterocycles. The van der Waals surface area contributed by atoms with Gasteiger partial charge in [0.1, 0.15) is 5.78 Å². The van der Waals surface area contributed by atoms with Crippen molar-refractivity contribution in [1.82, 2.24) is 4.98 Å². The molecule has 0 unspecified atom stereocenters. The molecule has 5 nitrogen and oxygen atoms in total. The van der Waals surface area contributed by atoms with Crippen LogP contribution in [0, 0.1) is 33.3 Å². The van der Waals surface area contributed by atoms with E-state index in [1.54, 1.807) is 12.1 Å². The van der Waals surface area contributed by atoms with E-state index in [9.17, 15) is 14.9 Å². The highest BCUT2D eigenvalue weighted by molar-refractivity contribution is 8.01. The van der Waals surface area contributed by atoms with Crippen molar-refractivity contribution < 1.29 is 9.72 Å². The largest absolute Gasteiger partial charge is 0.298 e. The summed E-state index contributed by atoms with van der Waals surface area (Å²) in [5.74, 6) is 3.22. The Morgan fingerprint density at radius 1 is 1.23 bits per heavy atom. The van der Waals surface area contributed by atoms with Crippen LogP contribution in [0.1, 0.15) is 38.5 Å². The molecule has 4 bridgehead atoms. The van der Waals surface area contributed by atoms with Crippen LogP contribution in [-0.2, 0) is 4.79 Å². The van der Waals surface area contributed by atoms with Gasteiger partial charge >= 0.3 is 0 Å². The maximum Gasteiger partial charge on any atom is 0.270 e. The minimum Gasteiger partial charge on any atom is -0.298 e. The van der Waals surface area contributed by atoms with Crippen molar-refractivity contribution in [3.05, 3.63) is 28.3 Å². The summed E-state index contributed by atoms with van der Waals surface area (Å²) < 4.78 is 1.64. The van der Waals surface area contributed by atoms with Gasteiger partial charge in [-0.3, -0.25) is 14.9 Å². The summed E-state index contributed by atoms with van der Waals surface area (Å²) in [6.45, 7) is 0. The number of nitro groups is 1. The number of Topliss-reactive ketones (excluding diaryl/α,β-unsaturated/α-hetero) is 1. The van der Waals surface area contributed by atoms with Crippen molar-refractivity contribution in [3.8, 4) is 0 Å². The average Bonchev–Trinajstić information content (AvgIpc) is 3.00. The molecule has 0 amide bonds. The molecule has 0 saturated heterocycles. The number of thiazole rings is 1. The number of rotatable bonds is 5. The number of fused-ring (bicyclic) bond motifs is 1. The number of hydrogen-bond donors (Lipinski definition) is 0. The molecular weight excluding hydrogens is 368 g/mol. The number of ketones is 1. The van der Waals surface area contributed by atoms with Crippen LogP contribution in [0.3, 0.4) is 0 Å². The fourth-order valence-electron chi connectivity index (χ4n) is 5.80. The Kier molecular flexibility index (Phi) is 3.87. The third-order valence-electron chi connectivity index (χ3n) is 6.52. The Bertz CT molecular complexity index is 872. The quantitative estimate of drug-likeness (QED) is 0.406. The van der Waals surface area contributed by atoms with Crippen molar-refractivity contribution in [2.24, 2.45) is 23.2 Å². The predicted molar refractivity (Wildman–Crippen MR) is 103 cm³/mol. The third-order valence-corrected chi connectivity index (χ3v) is 8.68. The summed E-state index contributed by atoms with van der Waals surface area (Å²) in [5, 5.41) is 10.9. The lowest BCUT2D eigenvalue weighted by Gasteiger charge is -2.56. The lowest BCUT2D eigenvalue weighted by molar-refractivity contribution is -0.384. The Balaban J connectivity index is 1.31. The van der Waals surface area contributed by atoms with Gasteiger partial charge in [-0.25, -0.2) is 4.98 Å². The van der Waals surface area contributed by atoms with Crippen molar-refractivity contribution >= 4 is 44.8 Å². The maximum atomic E-state index is 13.1. The van der Waals surface area contributed by atoms with Crippen LogP contribution in [0.5, 0.6) is 0 Å². The smallest absolute Gasteiger partial charge is 0.270 e. The number of hydrogen-bond acceptors (Lipinski definition) is 6. The highest BCUT2D eigenvalue weighted by Gasteiger charge is 2.54. The molecular formula is C19H20N2O3S2. The van der Waals surface area contributed by atoms with Crippen molar-refractivity contribution in [1.29, 1.82) is 0 Å². The van der Waals surface area contributed by atoms with Gasteiger partial charge in [-0.05, 0) is 62.3 Å². The Labute approximate surface area is 159 Å². The summed E-state index contributed by atoms with van der Waals surface area (Å²) in [7, 11) is 0. The zero-order chi connectivity index (χ0) is 17.9. The van der Waals surface area contributed by atoms with Crippen LogP contribution >= 0.6 is 23.1 Å². The van der Waals surface area contributed by atoms with E-state index in [0.717, 1.165) is 51.6 Å². The number of non-ortho nitro benzene ring substituents is 1. The predicted octanol–water partition coefficient (Wildman–Crippen LogP) is 5.08. The van der Waals surface area contributed by atoms with E-state index < -0.39 is 0 Å². The first-order valence-electron chi connectivity index (χ1n) is 9.22. The first-order valence-corrected chi connectivity index (χ1v) is 11.0. The first-order chi connectivity index (χ1) is 12.5. The lowest BCUT2D eigenvalue weighted by Crippen LogP contribution is -2.50. The first kappa shape index (κ1) is 16.7. The van der Waals surface area contributed by atoms with Crippen LogP contribution in [0.15, 0.2) is 22.5 Å². The molecule has 2 aromatic rings. The molecule has 136 valence electrons. The molecule has 0 spiro atoms. The van der Waals surface area contributed by atoms with E-state index in [1.165, 1.54) is 48.4 Å². The number of aromatic nitrogens is 1. The fourth-order valence-corrected chi connectivity index (χ4v) is 7.94. The van der Waals surface area contributed by atoms with Gasteiger partial charge < -0.3 is 0 Å². The molecule has 4 aliphatic rings. The van der Waals surface area contributed by atoms with Crippen LogP contribution in [-0.4, -0.2) is 21.4 Å². The van der Waals surface area contributed by atoms with Crippen LogP contribution in [0.4, 0.5) is 5.69 Å². The van der Waals surface area contributed by atoms with E-state index in [2.05, 4.69) is 4.98 Å². The van der Waals surface area contributed by atoms with Crippen LogP contribution in [0.25, 0.3) is 10.2 Å². The Morgan fingerprint density at radius 2 is 1.88 bits per heavy atom. The highest BCUT2D eigenvalue weighted by atomic mass is 32.2. The fraction of sp³-hybridized carbons (Fsp3) is 0.579. The third kappa shape index (κ3) is 2.76. The van der Waals surface area contributed by atoms with Gasteiger partial charge in [0.15, 0.2) is 4.34 Å². The lowest BCUT2D eigenvalue weighted by atomic mass is 9.48. The Hall–Kier alpha value is -1.47.